The molecule has 2 N–H and O–H groups in total. The van der Waals surface area contributed by atoms with E-state index in [9.17, 15) is 10.1 Å². The van der Waals surface area contributed by atoms with Crippen LogP contribution in [-0.4, -0.2) is 42.0 Å². The minimum atomic E-state index is -0.497. The molecule has 0 fully saturated rings. The van der Waals surface area contributed by atoms with Crippen LogP contribution in [0.1, 0.15) is 11.1 Å². The summed E-state index contributed by atoms with van der Waals surface area (Å²) < 4.78 is 0. The lowest BCUT2D eigenvalue weighted by molar-refractivity contribution is -0.384. The molecule has 0 bridgehead atoms. The van der Waals surface area contributed by atoms with Crippen LogP contribution in [0.15, 0.2) is 36.5 Å². The van der Waals surface area contributed by atoms with Crippen LogP contribution in [0, 0.1) is 21.4 Å². The van der Waals surface area contributed by atoms with Gasteiger partial charge in [-0.3, -0.25) is 10.1 Å². The molecule has 25 heavy (non-hydrogen) atoms. The number of anilines is 2. The molecule has 8 nitrogen and oxygen atoms in total. The largest absolute Gasteiger partial charge is 0.375 e. The molecule has 0 saturated heterocycles. The average molecular weight is 340 g/mol. The van der Waals surface area contributed by atoms with Gasteiger partial charge in [0.2, 0.25) is 0 Å². The van der Waals surface area contributed by atoms with E-state index in [1.165, 1.54) is 6.07 Å². The zero-order valence-electron chi connectivity index (χ0n) is 14.2. The minimum absolute atomic E-state index is 0.120. The van der Waals surface area contributed by atoms with E-state index in [2.05, 4.69) is 20.5 Å². The molecule has 1 heterocycles. The number of nitrogens with one attached hydrogen (secondary N) is 2. The van der Waals surface area contributed by atoms with Crippen LogP contribution in [0.2, 0.25) is 0 Å². The molecule has 0 aliphatic heterocycles. The highest BCUT2D eigenvalue weighted by Gasteiger charge is 2.15. The molecule has 0 spiro atoms. The first-order valence-corrected chi connectivity index (χ1v) is 7.76. The van der Waals surface area contributed by atoms with Gasteiger partial charge in [0.05, 0.1) is 16.6 Å². The molecule has 0 atom stereocenters. The van der Waals surface area contributed by atoms with Crippen LogP contribution in [-0.2, 0) is 6.54 Å². The number of nitro groups is 1. The maximum atomic E-state index is 11.2. The summed E-state index contributed by atoms with van der Waals surface area (Å²) in [7, 11) is 3.99. The van der Waals surface area contributed by atoms with Crippen LogP contribution in [0.25, 0.3) is 0 Å². The van der Waals surface area contributed by atoms with Gasteiger partial charge < -0.3 is 15.5 Å². The number of nitrogens with zero attached hydrogens (tertiary/aromatic N) is 4. The van der Waals surface area contributed by atoms with Crippen molar-refractivity contribution in [1.82, 2.24) is 9.88 Å². The third-order valence-electron chi connectivity index (χ3n) is 3.54. The standard InChI is InChI=1S/C17H20N6O2/c1-22(2)9-8-20-17-14(4-3-7-19-17)12-21-15-6-5-13(11-18)10-16(15)23(24)25/h3-7,10,21H,8-9,12H2,1-2H3,(H,19,20). The molecular formula is C17H20N6O2. The van der Waals surface area contributed by atoms with Crippen molar-refractivity contribution in [1.29, 1.82) is 5.26 Å². The van der Waals surface area contributed by atoms with Crippen molar-refractivity contribution in [3.05, 3.63) is 57.8 Å². The van der Waals surface area contributed by atoms with Gasteiger partial charge >= 0.3 is 0 Å². The fourth-order valence-electron chi connectivity index (χ4n) is 2.23. The summed E-state index contributed by atoms with van der Waals surface area (Å²) in [5.41, 5.74) is 1.40. The molecule has 130 valence electrons. The number of hydrogen-bond acceptors (Lipinski definition) is 7. The minimum Gasteiger partial charge on any atom is -0.375 e. The van der Waals surface area contributed by atoms with Crippen LogP contribution in [0.5, 0.6) is 0 Å². The topological polar surface area (TPSA) is 107 Å². The number of nitriles is 1. The van der Waals surface area contributed by atoms with Gasteiger partial charge in [0, 0.05) is 37.5 Å². The fraction of sp³-hybridized carbons (Fsp3) is 0.294. The highest BCUT2D eigenvalue weighted by atomic mass is 16.6. The number of nitro benzene ring substituents is 1. The third-order valence-corrected chi connectivity index (χ3v) is 3.54. The predicted molar refractivity (Wildman–Crippen MR) is 96.4 cm³/mol. The smallest absolute Gasteiger partial charge is 0.293 e. The van der Waals surface area contributed by atoms with E-state index in [4.69, 9.17) is 5.26 Å². The van der Waals surface area contributed by atoms with E-state index in [0.717, 1.165) is 24.5 Å². The molecule has 1 aromatic carbocycles. The van der Waals surface area contributed by atoms with E-state index >= 15 is 0 Å². The van der Waals surface area contributed by atoms with Crippen LogP contribution in [0.4, 0.5) is 17.2 Å². The normalized spacial score (nSPS) is 10.3. The summed E-state index contributed by atoms with van der Waals surface area (Å²) in [5, 5.41) is 26.4. The maximum absolute atomic E-state index is 11.2. The van der Waals surface area contributed by atoms with Gasteiger partial charge in [0.1, 0.15) is 11.5 Å². The molecule has 0 saturated carbocycles. The first-order chi connectivity index (χ1) is 12.0. The monoisotopic (exact) mass is 340 g/mol. The van der Waals surface area contributed by atoms with E-state index in [1.54, 1.807) is 18.3 Å². The highest BCUT2D eigenvalue weighted by molar-refractivity contribution is 5.64. The number of aromatic nitrogens is 1. The lowest BCUT2D eigenvalue weighted by Crippen LogP contribution is -2.21. The molecule has 0 radical (unpaired) electrons. The quantitative estimate of drug-likeness (QED) is 0.561. The van der Waals surface area contributed by atoms with Crippen molar-refractivity contribution in [3.63, 3.8) is 0 Å². The van der Waals surface area contributed by atoms with Gasteiger partial charge in [0.25, 0.3) is 5.69 Å². The Bertz CT molecular complexity index is 785. The zero-order chi connectivity index (χ0) is 18.2. The van der Waals surface area contributed by atoms with Crippen molar-refractivity contribution in [2.24, 2.45) is 0 Å². The third kappa shape index (κ3) is 5.16. The molecule has 0 amide bonds. The van der Waals surface area contributed by atoms with Gasteiger partial charge in [0.15, 0.2) is 0 Å². The Morgan fingerprint density at radius 3 is 2.80 bits per heavy atom. The Kier molecular flexibility index (Phi) is 6.26. The molecule has 8 heteroatoms. The van der Waals surface area contributed by atoms with Gasteiger partial charge in [-0.1, -0.05) is 6.07 Å². The molecular weight excluding hydrogens is 320 g/mol. The SMILES string of the molecule is CN(C)CCNc1ncccc1CNc1ccc(C#N)cc1[N+](=O)[O-]. The summed E-state index contributed by atoms with van der Waals surface area (Å²) in [5.74, 6) is 0.744. The molecule has 2 rings (SSSR count). The van der Waals surface area contributed by atoms with Gasteiger partial charge in [-0.05, 0) is 32.3 Å². The fourth-order valence-corrected chi connectivity index (χ4v) is 2.23. The van der Waals surface area contributed by atoms with Crippen LogP contribution >= 0.6 is 0 Å². The van der Waals surface area contributed by atoms with Crippen molar-refractivity contribution in [2.45, 2.75) is 6.54 Å². The van der Waals surface area contributed by atoms with E-state index < -0.39 is 4.92 Å². The lowest BCUT2D eigenvalue weighted by atomic mass is 10.1. The highest BCUT2D eigenvalue weighted by Crippen LogP contribution is 2.26. The van der Waals surface area contributed by atoms with Gasteiger partial charge in [-0.15, -0.1) is 0 Å². The Morgan fingerprint density at radius 2 is 2.12 bits per heavy atom. The average Bonchev–Trinajstić information content (AvgIpc) is 2.60. The zero-order valence-corrected chi connectivity index (χ0v) is 14.2. The van der Waals surface area contributed by atoms with Crippen molar-refractivity contribution < 1.29 is 4.92 Å². The summed E-state index contributed by atoms with van der Waals surface area (Å²) in [4.78, 5) is 17.1. The van der Waals surface area contributed by atoms with Gasteiger partial charge in [-0.25, -0.2) is 4.98 Å². The summed E-state index contributed by atoms with van der Waals surface area (Å²) in [6.45, 7) is 1.99. The molecule has 2 aromatic rings. The van der Waals surface area contributed by atoms with Crippen molar-refractivity contribution in [3.8, 4) is 6.07 Å². The number of benzene rings is 1. The van der Waals surface area contributed by atoms with E-state index in [1.807, 2.05) is 32.3 Å². The maximum Gasteiger partial charge on any atom is 0.293 e. The summed E-state index contributed by atoms with van der Waals surface area (Å²) in [6.07, 6.45) is 1.70. The predicted octanol–water partition coefficient (Wildman–Crippen LogP) is 2.45. The number of rotatable bonds is 8. The summed E-state index contributed by atoms with van der Waals surface area (Å²) >= 11 is 0. The number of pyridine rings is 1. The summed E-state index contributed by atoms with van der Waals surface area (Å²) in [6, 6.07) is 10.0. The van der Waals surface area contributed by atoms with E-state index in [0.29, 0.717) is 12.2 Å². The Morgan fingerprint density at radius 1 is 1.32 bits per heavy atom. The van der Waals surface area contributed by atoms with Gasteiger partial charge in [-0.2, -0.15) is 5.26 Å². The van der Waals surface area contributed by atoms with Crippen LogP contribution < -0.4 is 10.6 Å². The Labute approximate surface area is 146 Å². The molecule has 1 aromatic heterocycles. The van der Waals surface area contributed by atoms with Crippen molar-refractivity contribution in [2.75, 3.05) is 37.8 Å². The number of hydrogen-bond donors (Lipinski definition) is 2. The lowest BCUT2D eigenvalue weighted by Gasteiger charge is -2.14. The second-order valence-corrected chi connectivity index (χ2v) is 5.70. The Balaban J connectivity index is 2.12. The first kappa shape index (κ1) is 18.2. The molecule has 0 aliphatic rings. The van der Waals surface area contributed by atoms with Crippen LogP contribution in [0.3, 0.4) is 0 Å². The second-order valence-electron chi connectivity index (χ2n) is 5.70. The number of likely N-dealkylation sites (N-methyl/N-ethyl adjacent to an activating group) is 1. The Hall–Kier alpha value is -3.18. The second kappa shape index (κ2) is 8.61. The molecule has 0 aliphatic carbocycles. The first-order valence-electron chi connectivity index (χ1n) is 7.76. The molecule has 0 unspecified atom stereocenters. The van der Waals surface area contributed by atoms with E-state index in [-0.39, 0.29) is 11.3 Å². The van der Waals surface area contributed by atoms with Crippen molar-refractivity contribution >= 4 is 17.2 Å².